The molecule has 0 saturated heterocycles. The molecule has 2 aromatic rings. The van der Waals surface area contributed by atoms with Crippen molar-refractivity contribution < 1.29 is 65.1 Å². The molecule has 10 N–H and O–H groups in total. The second-order valence-electron chi connectivity index (χ2n) is 7.61. The van der Waals surface area contributed by atoms with Crippen LogP contribution in [0.4, 0.5) is 0 Å². The Morgan fingerprint density at radius 3 is 1.72 bits per heavy atom. The Bertz CT molecular complexity index is 891. The van der Waals surface area contributed by atoms with Gasteiger partial charge >= 0.3 is 0 Å². The Morgan fingerprint density at radius 2 is 1.33 bits per heavy atom. The van der Waals surface area contributed by atoms with Crippen LogP contribution in [0, 0.1) is 0 Å². The number of ketones is 2. The van der Waals surface area contributed by atoms with Gasteiger partial charge in [-0.05, 0) is 0 Å². The molecule has 0 aliphatic heterocycles. The predicted molar refractivity (Wildman–Crippen MR) is 119 cm³/mol. The van der Waals surface area contributed by atoms with Crippen molar-refractivity contribution in [3.63, 3.8) is 0 Å². The number of carbonyl (C=O) groups excluding carboxylic acids is 2. The van der Waals surface area contributed by atoms with E-state index in [0.717, 1.165) is 17.6 Å². The van der Waals surface area contributed by atoms with E-state index < -0.39 is 67.8 Å². The number of aromatic nitrogens is 2. The number of aliphatic hydroxyl groups is 10. The lowest BCUT2D eigenvalue weighted by atomic mass is 10.0. The fourth-order valence-electron chi connectivity index (χ4n) is 2.56. The Labute approximate surface area is 208 Å². The predicted octanol–water partition coefficient (Wildman–Crippen LogP) is -3.56. The van der Waals surface area contributed by atoms with Crippen LogP contribution in [0.1, 0.15) is 57.1 Å². The normalized spacial score (nSPS) is 18.1. The highest BCUT2D eigenvalue weighted by atomic mass is 32.1. The number of aliphatic hydroxyl groups excluding tert-OH is 10. The first-order chi connectivity index (χ1) is 16.8. The number of oxazole rings is 1. The van der Waals surface area contributed by atoms with E-state index in [1.165, 1.54) is 20.0 Å². The molecule has 0 radical (unpaired) electrons. The van der Waals surface area contributed by atoms with Crippen LogP contribution in [0.2, 0.25) is 0 Å². The summed E-state index contributed by atoms with van der Waals surface area (Å²) in [5.74, 6) is -0.976. The van der Waals surface area contributed by atoms with Crippen molar-refractivity contribution in [2.75, 3.05) is 13.2 Å². The van der Waals surface area contributed by atoms with Crippen molar-refractivity contribution >= 4 is 22.9 Å². The number of carbonyl (C=O) groups is 2. The zero-order valence-corrected chi connectivity index (χ0v) is 20.0. The van der Waals surface area contributed by atoms with Crippen LogP contribution >= 0.6 is 11.3 Å². The van der Waals surface area contributed by atoms with Gasteiger partial charge in [0.15, 0.2) is 10.8 Å². The summed E-state index contributed by atoms with van der Waals surface area (Å²) in [5, 5.41) is 93.1. The zero-order chi connectivity index (χ0) is 27.7. The first-order valence-corrected chi connectivity index (χ1v) is 11.2. The smallest absolute Gasteiger partial charge is 0.263 e. The number of rotatable bonds is 12. The minimum atomic E-state index is -1.78. The maximum atomic E-state index is 11.0. The summed E-state index contributed by atoms with van der Waals surface area (Å²) in [4.78, 5) is 29.5. The molecular formula is C20H30N2O13S. The van der Waals surface area contributed by atoms with E-state index >= 15 is 0 Å². The maximum absolute atomic E-state index is 11.0. The zero-order valence-electron chi connectivity index (χ0n) is 19.2. The van der Waals surface area contributed by atoms with E-state index in [4.69, 9.17) is 24.8 Å². The van der Waals surface area contributed by atoms with E-state index in [-0.39, 0.29) is 27.3 Å². The standard InChI is InChI=1S/C10H15NO7.C10H15NO6S/c1-4(13)10-11-5(3-18-10)7(15)9(17)8(16)6(14)2-12;1-4(13)10-11-2-6(18-10)8(16)9(17)7(15)5(14)3-12/h3,6-9,12,14-17H,2H2,1H3;2,5,7-9,12,14-17H,3H2,1H3. The second-order valence-corrected chi connectivity index (χ2v) is 8.67. The minimum absolute atomic E-state index is 0.156. The van der Waals surface area contributed by atoms with Crippen molar-refractivity contribution in [3.8, 4) is 0 Å². The minimum Gasteiger partial charge on any atom is -0.442 e. The molecule has 15 nitrogen and oxygen atoms in total. The molecule has 0 spiro atoms. The number of thiazole rings is 1. The summed E-state index contributed by atoms with van der Waals surface area (Å²) in [7, 11) is 0. The van der Waals surface area contributed by atoms with Gasteiger partial charge in [0.2, 0.25) is 5.78 Å². The molecule has 0 amide bonds. The SMILES string of the molecule is CC(=O)c1nc(C(O)C(O)C(O)C(O)CO)co1.CC(=O)c1ncc(C(O)C(O)C(O)C(O)CO)s1. The molecule has 36 heavy (non-hydrogen) atoms. The maximum Gasteiger partial charge on any atom is 0.263 e. The number of Topliss-reactive ketones (excluding diaryl/α,β-unsaturated/α-hetero) is 2. The van der Waals surface area contributed by atoms with Gasteiger partial charge in [-0.1, -0.05) is 0 Å². The molecule has 8 atom stereocenters. The highest BCUT2D eigenvalue weighted by Crippen LogP contribution is 2.26. The van der Waals surface area contributed by atoms with Crippen LogP contribution in [-0.4, -0.2) is 122 Å². The largest absolute Gasteiger partial charge is 0.442 e. The van der Waals surface area contributed by atoms with Crippen LogP contribution < -0.4 is 0 Å². The number of hydrogen-bond acceptors (Lipinski definition) is 16. The molecule has 0 aliphatic carbocycles. The van der Waals surface area contributed by atoms with Gasteiger partial charge in [0.1, 0.15) is 60.8 Å². The number of nitrogens with zero attached hydrogens (tertiary/aromatic N) is 2. The van der Waals surface area contributed by atoms with Crippen molar-refractivity contribution in [1.29, 1.82) is 0 Å². The summed E-state index contributed by atoms with van der Waals surface area (Å²) in [6.07, 6.45) is -11.1. The highest BCUT2D eigenvalue weighted by molar-refractivity contribution is 7.13. The van der Waals surface area contributed by atoms with Gasteiger partial charge in [0.05, 0.1) is 18.1 Å². The van der Waals surface area contributed by atoms with E-state index in [1.807, 2.05) is 0 Å². The molecule has 16 heteroatoms. The van der Waals surface area contributed by atoms with E-state index in [2.05, 4.69) is 9.97 Å². The molecule has 8 unspecified atom stereocenters. The first kappa shape index (κ1) is 31.8. The highest BCUT2D eigenvalue weighted by Gasteiger charge is 2.33. The summed E-state index contributed by atoms with van der Waals surface area (Å²) >= 11 is 0.888. The van der Waals surface area contributed by atoms with Gasteiger partial charge in [-0.2, -0.15) is 0 Å². The van der Waals surface area contributed by atoms with Crippen molar-refractivity contribution in [3.05, 3.63) is 33.9 Å². The van der Waals surface area contributed by atoms with E-state index in [9.17, 15) is 40.2 Å². The van der Waals surface area contributed by atoms with Gasteiger partial charge < -0.3 is 55.5 Å². The van der Waals surface area contributed by atoms with Crippen LogP contribution in [0.3, 0.4) is 0 Å². The Balaban J connectivity index is 0.000000360. The molecule has 0 fully saturated rings. The van der Waals surface area contributed by atoms with Crippen LogP contribution in [-0.2, 0) is 0 Å². The third-order valence-electron chi connectivity index (χ3n) is 4.75. The van der Waals surface area contributed by atoms with Gasteiger partial charge in [-0.25, -0.2) is 9.97 Å². The van der Waals surface area contributed by atoms with Gasteiger partial charge in [0.25, 0.3) is 5.89 Å². The third kappa shape index (κ3) is 8.43. The van der Waals surface area contributed by atoms with Gasteiger partial charge in [0, 0.05) is 20.0 Å². The number of hydrogen-bond donors (Lipinski definition) is 10. The van der Waals surface area contributed by atoms with Gasteiger partial charge in [-0.15, -0.1) is 11.3 Å². The van der Waals surface area contributed by atoms with Crippen molar-refractivity contribution in [2.24, 2.45) is 0 Å². The Kier molecular flexibility index (Phi) is 12.8. The average molecular weight is 539 g/mol. The lowest BCUT2D eigenvalue weighted by Gasteiger charge is -2.24. The van der Waals surface area contributed by atoms with E-state index in [1.54, 1.807) is 0 Å². The quantitative estimate of drug-likeness (QED) is 0.117. The molecule has 0 bridgehead atoms. The molecule has 204 valence electrons. The fourth-order valence-corrected chi connectivity index (χ4v) is 3.40. The van der Waals surface area contributed by atoms with Gasteiger partial charge in [-0.3, -0.25) is 9.59 Å². The fraction of sp³-hybridized carbons (Fsp3) is 0.600. The molecule has 2 aromatic heterocycles. The lowest BCUT2D eigenvalue weighted by Crippen LogP contribution is -2.42. The third-order valence-corrected chi connectivity index (χ3v) is 5.92. The summed E-state index contributed by atoms with van der Waals surface area (Å²) < 4.78 is 4.74. The molecule has 0 aliphatic rings. The average Bonchev–Trinajstić information content (AvgIpc) is 3.56. The second kappa shape index (κ2) is 14.5. The van der Waals surface area contributed by atoms with Crippen LogP contribution in [0.15, 0.2) is 16.9 Å². The van der Waals surface area contributed by atoms with Crippen LogP contribution in [0.5, 0.6) is 0 Å². The van der Waals surface area contributed by atoms with Crippen LogP contribution in [0.25, 0.3) is 0 Å². The molecule has 2 heterocycles. The summed E-state index contributed by atoms with van der Waals surface area (Å²) in [6, 6.07) is 0. The Hall–Kier alpha value is -2.22. The first-order valence-electron chi connectivity index (χ1n) is 10.4. The summed E-state index contributed by atoms with van der Waals surface area (Å²) in [5.41, 5.74) is -0.156. The summed E-state index contributed by atoms with van der Waals surface area (Å²) in [6.45, 7) is 1.01. The monoisotopic (exact) mass is 538 g/mol. The van der Waals surface area contributed by atoms with E-state index in [0.29, 0.717) is 0 Å². The lowest BCUT2D eigenvalue weighted by molar-refractivity contribution is -0.117. The topological polar surface area (TPSA) is 275 Å². The van der Waals surface area contributed by atoms with Crippen molar-refractivity contribution in [2.45, 2.75) is 62.7 Å². The molecule has 0 saturated carbocycles. The molecular weight excluding hydrogens is 508 g/mol. The molecule has 0 aromatic carbocycles. The molecule has 2 rings (SSSR count). The Morgan fingerprint density at radius 1 is 0.833 bits per heavy atom. The van der Waals surface area contributed by atoms with Crippen molar-refractivity contribution in [1.82, 2.24) is 9.97 Å².